The van der Waals surface area contributed by atoms with Crippen LogP contribution in [0.15, 0.2) is 54.6 Å². The maximum Gasteiger partial charge on any atom is 0.407 e. The van der Waals surface area contributed by atoms with Gasteiger partial charge in [-0.1, -0.05) is 30.3 Å². The van der Waals surface area contributed by atoms with E-state index in [-0.39, 0.29) is 12.1 Å². The van der Waals surface area contributed by atoms with Crippen LogP contribution in [0.2, 0.25) is 0 Å². The van der Waals surface area contributed by atoms with E-state index >= 15 is 0 Å². The number of hydrogen-bond acceptors (Lipinski definition) is 3. The SMILES string of the molecule is CC(C)(C)NC(=O)OCc1cccc(Oc2ccccc2)c1. The zero-order chi connectivity index (χ0) is 16.0. The Labute approximate surface area is 131 Å². The summed E-state index contributed by atoms with van der Waals surface area (Å²) in [4.78, 5) is 11.6. The van der Waals surface area contributed by atoms with Crippen LogP contribution in [-0.4, -0.2) is 11.6 Å². The third kappa shape index (κ3) is 5.48. The van der Waals surface area contributed by atoms with Gasteiger partial charge in [0.05, 0.1) is 0 Å². The Kier molecular flexibility index (Phi) is 5.04. The summed E-state index contributed by atoms with van der Waals surface area (Å²) in [5.41, 5.74) is 0.563. The van der Waals surface area contributed by atoms with Gasteiger partial charge in [-0.15, -0.1) is 0 Å². The molecule has 0 atom stereocenters. The van der Waals surface area contributed by atoms with Gasteiger partial charge in [-0.05, 0) is 50.6 Å². The van der Waals surface area contributed by atoms with Gasteiger partial charge < -0.3 is 14.8 Å². The van der Waals surface area contributed by atoms with Gasteiger partial charge in [-0.25, -0.2) is 4.79 Å². The number of carbonyl (C=O) groups excluding carboxylic acids is 1. The molecule has 0 unspecified atom stereocenters. The Hall–Kier alpha value is -2.49. The lowest BCUT2D eigenvalue weighted by Gasteiger charge is -2.20. The van der Waals surface area contributed by atoms with Crippen LogP contribution in [0.3, 0.4) is 0 Å². The summed E-state index contributed by atoms with van der Waals surface area (Å²) in [5.74, 6) is 1.48. The van der Waals surface area contributed by atoms with Gasteiger partial charge >= 0.3 is 6.09 Å². The topological polar surface area (TPSA) is 47.6 Å². The second-order valence-electron chi connectivity index (χ2n) is 6.01. The van der Waals surface area contributed by atoms with E-state index < -0.39 is 6.09 Å². The predicted molar refractivity (Wildman–Crippen MR) is 86.0 cm³/mol. The molecule has 0 aliphatic heterocycles. The standard InChI is InChI=1S/C18H21NO3/c1-18(2,3)19-17(20)21-13-14-8-7-11-16(12-14)22-15-9-5-4-6-10-15/h4-12H,13H2,1-3H3,(H,19,20). The van der Waals surface area contributed by atoms with Gasteiger partial charge in [0.1, 0.15) is 18.1 Å². The molecule has 2 aromatic rings. The van der Waals surface area contributed by atoms with Gasteiger partial charge in [0.25, 0.3) is 0 Å². The van der Waals surface area contributed by atoms with Crippen molar-refractivity contribution in [2.24, 2.45) is 0 Å². The summed E-state index contributed by atoms with van der Waals surface area (Å²) in [7, 11) is 0. The van der Waals surface area contributed by atoms with Gasteiger partial charge in [0.2, 0.25) is 0 Å². The number of amides is 1. The van der Waals surface area contributed by atoms with E-state index in [4.69, 9.17) is 9.47 Å². The fourth-order valence-electron chi connectivity index (χ4n) is 1.81. The number of carbonyl (C=O) groups is 1. The van der Waals surface area contributed by atoms with Gasteiger partial charge in [-0.2, -0.15) is 0 Å². The molecule has 0 aliphatic rings. The van der Waals surface area contributed by atoms with Crippen LogP contribution in [0, 0.1) is 0 Å². The summed E-state index contributed by atoms with van der Waals surface area (Å²) in [5, 5.41) is 2.75. The lowest BCUT2D eigenvalue weighted by molar-refractivity contribution is 0.131. The quantitative estimate of drug-likeness (QED) is 0.904. The second-order valence-corrected chi connectivity index (χ2v) is 6.01. The molecule has 0 radical (unpaired) electrons. The maximum absolute atomic E-state index is 11.6. The third-order valence-corrected chi connectivity index (χ3v) is 2.72. The molecular weight excluding hydrogens is 278 g/mol. The molecule has 0 bridgehead atoms. The van der Waals surface area contributed by atoms with Crippen molar-refractivity contribution in [3.63, 3.8) is 0 Å². The van der Waals surface area contributed by atoms with Crippen molar-refractivity contribution in [3.8, 4) is 11.5 Å². The molecule has 0 saturated heterocycles. The molecule has 22 heavy (non-hydrogen) atoms. The Morgan fingerprint density at radius 3 is 2.36 bits per heavy atom. The molecule has 1 N–H and O–H groups in total. The average Bonchev–Trinajstić information content (AvgIpc) is 2.45. The highest BCUT2D eigenvalue weighted by Crippen LogP contribution is 2.22. The van der Waals surface area contributed by atoms with Gasteiger partial charge in [0, 0.05) is 5.54 Å². The maximum atomic E-state index is 11.6. The Bertz CT molecular complexity index is 618. The van der Waals surface area contributed by atoms with E-state index in [1.54, 1.807) is 0 Å². The Balaban J connectivity index is 1.93. The molecule has 116 valence electrons. The highest BCUT2D eigenvalue weighted by Gasteiger charge is 2.14. The van der Waals surface area contributed by atoms with E-state index in [1.165, 1.54) is 0 Å². The first-order valence-corrected chi connectivity index (χ1v) is 7.19. The van der Waals surface area contributed by atoms with Crippen molar-refractivity contribution >= 4 is 6.09 Å². The molecule has 4 heteroatoms. The zero-order valence-electron chi connectivity index (χ0n) is 13.1. The van der Waals surface area contributed by atoms with Crippen LogP contribution >= 0.6 is 0 Å². The van der Waals surface area contributed by atoms with E-state index in [0.29, 0.717) is 5.75 Å². The molecule has 1 amide bonds. The Morgan fingerprint density at radius 1 is 1.00 bits per heavy atom. The van der Waals surface area contributed by atoms with Crippen molar-refractivity contribution in [1.82, 2.24) is 5.32 Å². The highest BCUT2D eigenvalue weighted by atomic mass is 16.5. The normalized spacial score (nSPS) is 10.9. The van der Waals surface area contributed by atoms with Crippen LogP contribution in [0.4, 0.5) is 4.79 Å². The lowest BCUT2D eigenvalue weighted by Crippen LogP contribution is -2.40. The van der Waals surface area contributed by atoms with Crippen molar-refractivity contribution in [2.45, 2.75) is 32.9 Å². The second kappa shape index (κ2) is 6.98. The molecule has 2 rings (SSSR count). The minimum absolute atomic E-state index is 0.202. The van der Waals surface area contributed by atoms with Crippen LogP contribution in [0.25, 0.3) is 0 Å². The van der Waals surface area contributed by atoms with E-state index in [9.17, 15) is 4.79 Å². The predicted octanol–water partition coefficient (Wildman–Crippen LogP) is 4.50. The van der Waals surface area contributed by atoms with E-state index in [1.807, 2.05) is 75.4 Å². The summed E-state index contributed by atoms with van der Waals surface area (Å²) in [6.45, 7) is 5.92. The minimum Gasteiger partial charge on any atom is -0.457 e. The summed E-state index contributed by atoms with van der Waals surface area (Å²) < 4.78 is 11.0. The van der Waals surface area contributed by atoms with E-state index in [0.717, 1.165) is 11.3 Å². The van der Waals surface area contributed by atoms with E-state index in [2.05, 4.69) is 5.32 Å². The number of para-hydroxylation sites is 1. The number of nitrogens with one attached hydrogen (secondary N) is 1. The fraction of sp³-hybridized carbons (Fsp3) is 0.278. The number of benzene rings is 2. The molecule has 0 aliphatic carbocycles. The first kappa shape index (κ1) is 15.9. The first-order chi connectivity index (χ1) is 10.4. The monoisotopic (exact) mass is 299 g/mol. The average molecular weight is 299 g/mol. The number of ether oxygens (including phenoxy) is 2. The van der Waals surface area contributed by atoms with Gasteiger partial charge in [-0.3, -0.25) is 0 Å². The largest absolute Gasteiger partial charge is 0.457 e. The van der Waals surface area contributed by atoms with Crippen molar-refractivity contribution in [3.05, 3.63) is 60.2 Å². The Morgan fingerprint density at radius 2 is 1.68 bits per heavy atom. The number of rotatable bonds is 4. The molecular formula is C18H21NO3. The minimum atomic E-state index is -0.429. The highest BCUT2D eigenvalue weighted by molar-refractivity contribution is 5.68. The summed E-state index contributed by atoms with van der Waals surface area (Å²) in [6.07, 6.45) is -0.429. The van der Waals surface area contributed by atoms with Crippen LogP contribution in [0.1, 0.15) is 26.3 Å². The first-order valence-electron chi connectivity index (χ1n) is 7.19. The molecule has 0 fully saturated rings. The van der Waals surface area contributed by atoms with Crippen molar-refractivity contribution in [2.75, 3.05) is 0 Å². The van der Waals surface area contributed by atoms with Crippen molar-refractivity contribution in [1.29, 1.82) is 0 Å². The molecule has 0 spiro atoms. The third-order valence-electron chi connectivity index (χ3n) is 2.72. The molecule has 0 saturated carbocycles. The van der Waals surface area contributed by atoms with Crippen LogP contribution < -0.4 is 10.1 Å². The number of hydrogen-bond donors (Lipinski definition) is 1. The van der Waals surface area contributed by atoms with Crippen molar-refractivity contribution < 1.29 is 14.3 Å². The number of alkyl carbamates (subject to hydrolysis) is 1. The smallest absolute Gasteiger partial charge is 0.407 e. The van der Waals surface area contributed by atoms with Crippen LogP contribution in [0.5, 0.6) is 11.5 Å². The fourth-order valence-corrected chi connectivity index (χ4v) is 1.81. The summed E-state index contributed by atoms with van der Waals surface area (Å²) >= 11 is 0. The molecule has 0 heterocycles. The molecule has 4 nitrogen and oxygen atoms in total. The molecule has 0 aromatic heterocycles. The lowest BCUT2D eigenvalue weighted by atomic mass is 10.1. The molecule has 2 aromatic carbocycles. The van der Waals surface area contributed by atoms with Gasteiger partial charge in [0.15, 0.2) is 0 Å². The summed E-state index contributed by atoms with van der Waals surface area (Å²) in [6, 6.07) is 17.0. The van der Waals surface area contributed by atoms with Crippen LogP contribution in [-0.2, 0) is 11.3 Å². The zero-order valence-corrected chi connectivity index (χ0v) is 13.1.